The number of hydrogen-bond acceptors (Lipinski definition) is 3. The molecule has 1 aliphatic rings. The highest BCUT2D eigenvalue weighted by molar-refractivity contribution is 5.30. The van der Waals surface area contributed by atoms with Gasteiger partial charge in [0, 0.05) is 24.6 Å². The molecule has 0 heterocycles. The number of hydrogen-bond donors (Lipinski definition) is 2. The second kappa shape index (κ2) is 6.55. The van der Waals surface area contributed by atoms with E-state index in [0.717, 1.165) is 24.9 Å². The van der Waals surface area contributed by atoms with Crippen molar-refractivity contribution in [2.75, 3.05) is 20.3 Å². The molecular formula is C16H24FNO2. The fraction of sp³-hybridized carbons (Fsp3) is 0.625. The minimum absolute atomic E-state index is 0.0132. The monoisotopic (exact) mass is 281 g/mol. The van der Waals surface area contributed by atoms with Crippen molar-refractivity contribution in [3.63, 3.8) is 0 Å². The molecule has 1 fully saturated rings. The van der Waals surface area contributed by atoms with Crippen LogP contribution >= 0.6 is 0 Å². The Kier molecular flexibility index (Phi) is 5.00. The lowest BCUT2D eigenvalue weighted by Crippen LogP contribution is -2.36. The van der Waals surface area contributed by atoms with Gasteiger partial charge in [0.1, 0.15) is 0 Å². The van der Waals surface area contributed by atoms with Crippen LogP contribution in [0, 0.1) is 11.2 Å². The first kappa shape index (κ1) is 15.3. The lowest BCUT2D eigenvalue weighted by atomic mass is 9.87. The second-order valence-electron chi connectivity index (χ2n) is 5.86. The van der Waals surface area contributed by atoms with Crippen molar-refractivity contribution in [1.82, 2.24) is 5.32 Å². The number of methoxy groups -OCH3 is 1. The van der Waals surface area contributed by atoms with Crippen LogP contribution in [0.2, 0.25) is 0 Å². The quantitative estimate of drug-likeness (QED) is 0.842. The number of nitrogens with one attached hydrogen (secondary N) is 1. The first-order valence-electron chi connectivity index (χ1n) is 7.28. The molecule has 1 atom stereocenters. The van der Waals surface area contributed by atoms with E-state index < -0.39 is 0 Å². The van der Waals surface area contributed by atoms with Crippen LogP contribution in [0.5, 0.6) is 5.75 Å². The van der Waals surface area contributed by atoms with Crippen LogP contribution in [0.15, 0.2) is 18.2 Å². The highest BCUT2D eigenvalue weighted by atomic mass is 19.1. The smallest absolute Gasteiger partial charge is 0.165 e. The highest BCUT2D eigenvalue weighted by Gasteiger charge is 2.33. The summed E-state index contributed by atoms with van der Waals surface area (Å²) in [4.78, 5) is 0. The van der Waals surface area contributed by atoms with Gasteiger partial charge in [0.15, 0.2) is 11.6 Å². The minimum Gasteiger partial charge on any atom is -0.494 e. The minimum atomic E-state index is -0.337. The zero-order valence-corrected chi connectivity index (χ0v) is 12.3. The van der Waals surface area contributed by atoms with E-state index in [2.05, 4.69) is 5.32 Å². The van der Waals surface area contributed by atoms with E-state index in [4.69, 9.17) is 4.74 Å². The summed E-state index contributed by atoms with van der Waals surface area (Å²) in [5, 5.41) is 13.0. The van der Waals surface area contributed by atoms with Gasteiger partial charge in [0.2, 0.25) is 0 Å². The van der Waals surface area contributed by atoms with Gasteiger partial charge in [0.25, 0.3) is 0 Å². The molecule has 2 N–H and O–H groups in total. The maximum Gasteiger partial charge on any atom is 0.165 e. The van der Waals surface area contributed by atoms with E-state index in [1.165, 1.54) is 26.0 Å². The molecule has 0 saturated heterocycles. The summed E-state index contributed by atoms with van der Waals surface area (Å²) in [7, 11) is 1.46. The van der Waals surface area contributed by atoms with Crippen molar-refractivity contribution in [2.45, 2.75) is 38.6 Å². The molecule has 0 aromatic heterocycles. The molecule has 1 unspecified atom stereocenters. The Hall–Kier alpha value is -1.13. The van der Waals surface area contributed by atoms with Crippen molar-refractivity contribution < 1.29 is 14.2 Å². The van der Waals surface area contributed by atoms with Crippen molar-refractivity contribution in [3.8, 4) is 5.75 Å². The second-order valence-corrected chi connectivity index (χ2v) is 5.86. The Morgan fingerprint density at radius 1 is 1.40 bits per heavy atom. The van der Waals surface area contributed by atoms with E-state index in [-0.39, 0.29) is 29.6 Å². The van der Waals surface area contributed by atoms with Crippen molar-refractivity contribution in [2.24, 2.45) is 5.41 Å². The Morgan fingerprint density at radius 2 is 2.10 bits per heavy atom. The molecule has 0 aliphatic heterocycles. The first-order valence-corrected chi connectivity index (χ1v) is 7.28. The summed E-state index contributed by atoms with van der Waals surface area (Å²) in [6.07, 6.45) is 4.52. The van der Waals surface area contributed by atoms with Gasteiger partial charge in [-0.15, -0.1) is 0 Å². The third-order valence-electron chi connectivity index (χ3n) is 4.46. The summed E-state index contributed by atoms with van der Waals surface area (Å²) < 4.78 is 18.6. The van der Waals surface area contributed by atoms with Crippen LogP contribution in [0.1, 0.15) is 44.2 Å². The van der Waals surface area contributed by atoms with E-state index in [1.54, 1.807) is 6.07 Å². The van der Waals surface area contributed by atoms with Crippen LogP contribution in [0.25, 0.3) is 0 Å². The molecule has 20 heavy (non-hydrogen) atoms. The molecule has 4 heteroatoms. The largest absolute Gasteiger partial charge is 0.494 e. The third kappa shape index (κ3) is 3.30. The predicted octanol–water partition coefficient (Wildman–Crippen LogP) is 3.04. The van der Waals surface area contributed by atoms with Gasteiger partial charge in [-0.05, 0) is 37.5 Å². The van der Waals surface area contributed by atoms with E-state index in [9.17, 15) is 9.50 Å². The lowest BCUT2D eigenvalue weighted by Gasteiger charge is -2.29. The molecular weight excluding hydrogens is 257 g/mol. The summed E-state index contributed by atoms with van der Waals surface area (Å²) in [5.74, 6) is -0.0695. The van der Waals surface area contributed by atoms with Gasteiger partial charge in [-0.1, -0.05) is 18.9 Å². The van der Waals surface area contributed by atoms with Gasteiger partial charge >= 0.3 is 0 Å². The van der Waals surface area contributed by atoms with E-state index >= 15 is 0 Å². The third-order valence-corrected chi connectivity index (χ3v) is 4.46. The summed E-state index contributed by atoms with van der Waals surface area (Å²) >= 11 is 0. The fourth-order valence-corrected chi connectivity index (χ4v) is 2.96. The maximum absolute atomic E-state index is 13.7. The van der Waals surface area contributed by atoms with Gasteiger partial charge in [0.05, 0.1) is 7.11 Å². The molecule has 1 aliphatic carbocycles. The molecule has 112 valence electrons. The first-order chi connectivity index (χ1) is 9.60. The summed E-state index contributed by atoms with van der Waals surface area (Å²) in [6, 6.07) is 5.09. The zero-order chi connectivity index (χ0) is 14.6. The Balaban J connectivity index is 1.97. The maximum atomic E-state index is 13.7. The van der Waals surface area contributed by atoms with Crippen LogP contribution < -0.4 is 10.1 Å². The molecule has 3 nitrogen and oxygen atoms in total. The van der Waals surface area contributed by atoms with E-state index in [1.807, 2.05) is 13.0 Å². The Morgan fingerprint density at radius 3 is 2.65 bits per heavy atom. The molecule has 1 aromatic carbocycles. The Labute approximate surface area is 120 Å². The average molecular weight is 281 g/mol. The van der Waals surface area contributed by atoms with Crippen LogP contribution in [0.3, 0.4) is 0 Å². The SMILES string of the molecule is COc1ccc(C(C)NCC2(CO)CCCC2)cc1F. The lowest BCUT2D eigenvalue weighted by molar-refractivity contribution is 0.125. The highest BCUT2D eigenvalue weighted by Crippen LogP contribution is 2.37. The topological polar surface area (TPSA) is 41.5 Å². The van der Waals surface area contributed by atoms with Gasteiger partial charge < -0.3 is 15.2 Å². The molecule has 1 aromatic rings. The number of benzene rings is 1. The molecule has 0 radical (unpaired) electrons. The summed E-state index contributed by atoms with van der Waals surface area (Å²) in [5.41, 5.74) is 0.911. The zero-order valence-electron chi connectivity index (χ0n) is 12.3. The van der Waals surface area contributed by atoms with Crippen LogP contribution in [-0.2, 0) is 0 Å². The summed E-state index contributed by atoms with van der Waals surface area (Å²) in [6.45, 7) is 3.02. The van der Waals surface area contributed by atoms with Crippen molar-refractivity contribution in [1.29, 1.82) is 0 Å². The molecule has 2 rings (SSSR count). The normalized spacial score (nSPS) is 19.0. The number of ether oxygens (including phenoxy) is 1. The fourth-order valence-electron chi connectivity index (χ4n) is 2.96. The number of aliphatic hydroxyl groups excluding tert-OH is 1. The standard InChI is InChI=1S/C16H24FNO2/c1-12(13-5-6-15(20-2)14(17)9-13)18-10-16(11-19)7-3-4-8-16/h5-6,9,12,18-19H,3-4,7-8,10-11H2,1-2H3. The number of halogens is 1. The van der Waals surface area contributed by atoms with Crippen molar-refractivity contribution in [3.05, 3.63) is 29.6 Å². The van der Waals surface area contributed by atoms with Crippen LogP contribution in [-0.4, -0.2) is 25.4 Å². The van der Waals surface area contributed by atoms with Crippen LogP contribution in [0.4, 0.5) is 4.39 Å². The molecule has 0 bridgehead atoms. The van der Waals surface area contributed by atoms with Gasteiger partial charge in [-0.25, -0.2) is 4.39 Å². The Bertz CT molecular complexity index is 444. The molecule has 1 saturated carbocycles. The van der Waals surface area contributed by atoms with E-state index in [0.29, 0.717) is 0 Å². The predicted molar refractivity (Wildman–Crippen MR) is 77.4 cm³/mol. The van der Waals surface area contributed by atoms with Crippen molar-refractivity contribution >= 4 is 0 Å². The van der Waals surface area contributed by atoms with Gasteiger partial charge in [-0.3, -0.25) is 0 Å². The number of aliphatic hydroxyl groups is 1. The number of rotatable bonds is 6. The molecule has 0 spiro atoms. The molecule has 0 amide bonds. The average Bonchev–Trinajstić information content (AvgIpc) is 2.94. The van der Waals surface area contributed by atoms with Gasteiger partial charge in [-0.2, -0.15) is 0 Å².